The van der Waals surface area contributed by atoms with Gasteiger partial charge in [0.1, 0.15) is 0 Å². The fourth-order valence-electron chi connectivity index (χ4n) is 0.497. The van der Waals surface area contributed by atoms with Crippen LogP contribution in [-0.2, 0) is 4.79 Å². The summed E-state index contributed by atoms with van der Waals surface area (Å²) < 4.78 is 0. The third-order valence-electron chi connectivity index (χ3n) is 0.833. The van der Waals surface area contributed by atoms with Crippen LogP contribution in [0.5, 0.6) is 0 Å². The molecule has 0 aliphatic rings. The number of aliphatic imine (C=N–C) groups is 1. The van der Waals surface area contributed by atoms with Gasteiger partial charge in [0.05, 0.1) is 0 Å². The number of rotatable bonds is 3. The van der Waals surface area contributed by atoms with E-state index < -0.39 is 11.9 Å². The van der Waals surface area contributed by atoms with Crippen molar-refractivity contribution in [2.24, 2.45) is 10.7 Å². The monoisotopic (exact) mass is 170 g/mol. The highest BCUT2D eigenvalue weighted by atomic mass is 16.4. The molecule has 0 rings (SSSR count). The van der Waals surface area contributed by atoms with Crippen LogP contribution >= 0.6 is 0 Å². The minimum absolute atomic E-state index is 0.289. The van der Waals surface area contributed by atoms with Crippen molar-refractivity contribution in [3.63, 3.8) is 0 Å². The maximum absolute atomic E-state index is 10.4. The summed E-state index contributed by atoms with van der Waals surface area (Å²) in [5, 5.41) is 17.1. The Morgan fingerprint density at radius 3 is 2.33 bits per heavy atom. The van der Waals surface area contributed by atoms with Crippen LogP contribution < -0.4 is 5.73 Å². The summed E-state index contributed by atoms with van der Waals surface area (Å²) in [6.45, 7) is 4.53. The summed E-state index contributed by atoms with van der Waals surface area (Å²) in [5.74, 6) is -1.83. The van der Waals surface area contributed by atoms with Gasteiger partial charge in [0, 0.05) is 5.70 Å². The van der Waals surface area contributed by atoms with Gasteiger partial charge < -0.3 is 15.9 Å². The minimum Gasteiger partial charge on any atom is -0.494 e. The summed E-state index contributed by atoms with van der Waals surface area (Å²) in [5.41, 5.74) is 5.16. The van der Waals surface area contributed by atoms with Gasteiger partial charge in [-0.25, -0.2) is 9.79 Å². The summed E-state index contributed by atoms with van der Waals surface area (Å²) in [6, 6.07) is 0. The topological polar surface area (TPSA) is 95.9 Å². The van der Waals surface area contributed by atoms with E-state index in [1.807, 2.05) is 0 Å². The molecule has 0 heterocycles. The number of carboxylic acids is 1. The lowest BCUT2D eigenvalue weighted by Crippen LogP contribution is -2.12. The van der Waals surface area contributed by atoms with Gasteiger partial charge in [-0.05, 0) is 19.6 Å². The Labute approximate surface area is 69.5 Å². The van der Waals surface area contributed by atoms with Crippen LogP contribution in [0.2, 0.25) is 0 Å². The van der Waals surface area contributed by atoms with Crippen molar-refractivity contribution >= 4 is 11.7 Å². The Kier molecular flexibility index (Phi) is 3.55. The molecule has 0 bridgehead atoms. The van der Waals surface area contributed by atoms with Gasteiger partial charge >= 0.3 is 5.97 Å². The molecular formula is C7H10N2O3. The second-order valence-electron chi connectivity index (χ2n) is 2.11. The molecule has 66 valence electrons. The Morgan fingerprint density at radius 2 is 2.08 bits per heavy atom. The molecule has 0 aromatic carbocycles. The number of hydrogen-bond acceptors (Lipinski definition) is 4. The van der Waals surface area contributed by atoms with Crippen LogP contribution in [0.4, 0.5) is 0 Å². The average Bonchev–Trinajstić information content (AvgIpc) is 1.83. The van der Waals surface area contributed by atoms with E-state index in [9.17, 15) is 4.79 Å². The van der Waals surface area contributed by atoms with E-state index in [-0.39, 0.29) is 11.4 Å². The van der Waals surface area contributed by atoms with Crippen molar-refractivity contribution in [2.75, 3.05) is 0 Å². The molecule has 0 unspecified atom stereocenters. The van der Waals surface area contributed by atoms with Crippen LogP contribution in [0.1, 0.15) is 6.92 Å². The molecular weight excluding hydrogens is 160 g/mol. The second kappa shape index (κ2) is 4.17. The predicted octanol–water partition coefficient (Wildman–Crippen LogP) is 0.404. The van der Waals surface area contributed by atoms with E-state index in [1.54, 1.807) is 0 Å². The number of nitrogens with zero attached hydrogens (tertiary/aromatic N) is 1. The highest BCUT2D eigenvalue weighted by molar-refractivity contribution is 6.40. The van der Waals surface area contributed by atoms with Crippen molar-refractivity contribution in [1.29, 1.82) is 0 Å². The molecule has 5 heteroatoms. The number of aliphatic hydroxyl groups is 1. The van der Waals surface area contributed by atoms with Gasteiger partial charge in [0.25, 0.3) is 0 Å². The van der Waals surface area contributed by atoms with E-state index in [1.165, 1.54) is 6.92 Å². The minimum atomic E-state index is -1.27. The number of nitrogens with two attached hydrogens (primary N) is 1. The van der Waals surface area contributed by atoms with Crippen molar-refractivity contribution < 1.29 is 15.0 Å². The van der Waals surface area contributed by atoms with Gasteiger partial charge in [-0.3, -0.25) is 0 Å². The van der Waals surface area contributed by atoms with Crippen LogP contribution in [0.15, 0.2) is 29.2 Å². The highest BCUT2D eigenvalue weighted by Gasteiger charge is 2.05. The van der Waals surface area contributed by atoms with Gasteiger partial charge in [-0.2, -0.15) is 0 Å². The lowest BCUT2D eigenvalue weighted by atomic mass is 10.3. The quantitative estimate of drug-likeness (QED) is 0.422. The first-order valence-corrected chi connectivity index (χ1v) is 3.07. The fraction of sp³-hybridized carbons (Fsp3) is 0.143. The van der Waals surface area contributed by atoms with E-state index >= 15 is 0 Å². The molecule has 0 saturated heterocycles. The van der Waals surface area contributed by atoms with Gasteiger partial charge in [-0.15, -0.1) is 0 Å². The first-order valence-electron chi connectivity index (χ1n) is 3.07. The Hall–Kier alpha value is -1.78. The number of aliphatic carboxylic acids is 1. The van der Waals surface area contributed by atoms with Crippen molar-refractivity contribution in [3.05, 3.63) is 24.2 Å². The van der Waals surface area contributed by atoms with E-state index in [0.29, 0.717) is 0 Å². The first-order chi connectivity index (χ1) is 5.43. The smallest absolute Gasteiger partial charge is 0.354 e. The predicted molar refractivity (Wildman–Crippen MR) is 44.8 cm³/mol. The number of carboxylic acid groups (broad SMARTS) is 1. The van der Waals surface area contributed by atoms with E-state index in [2.05, 4.69) is 11.6 Å². The van der Waals surface area contributed by atoms with Crippen LogP contribution in [0.3, 0.4) is 0 Å². The largest absolute Gasteiger partial charge is 0.494 e. The summed E-state index contributed by atoms with van der Waals surface area (Å²) in [6.07, 6.45) is 1.13. The second-order valence-corrected chi connectivity index (χ2v) is 2.11. The molecule has 0 aliphatic heterocycles. The molecule has 0 aliphatic carbocycles. The molecule has 0 fully saturated rings. The maximum atomic E-state index is 10.4. The number of aliphatic hydroxyl groups excluding tert-OH is 1. The Balaban J connectivity index is 4.81. The molecule has 12 heavy (non-hydrogen) atoms. The average molecular weight is 170 g/mol. The SMILES string of the molecule is C=C(O)N=C(/C=C(/C)N)C(=O)O. The maximum Gasteiger partial charge on any atom is 0.354 e. The van der Waals surface area contributed by atoms with Crippen molar-refractivity contribution in [3.8, 4) is 0 Å². The van der Waals surface area contributed by atoms with Crippen LogP contribution in [0, 0.1) is 0 Å². The number of hydrogen-bond donors (Lipinski definition) is 3. The Morgan fingerprint density at radius 1 is 1.58 bits per heavy atom. The lowest BCUT2D eigenvalue weighted by molar-refractivity contribution is -0.129. The highest BCUT2D eigenvalue weighted by Crippen LogP contribution is 1.92. The normalized spacial score (nSPS) is 12.8. The molecule has 0 aromatic rings. The van der Waals surface area contributed by atoms with Gasteiger partial charge in [-0.1, -0.05) is 0 Å². The third kappa shape index (κ3) is 4.10. The van der Waals surface area contributed by atoms with Gasteiger partial charge in [0.2, 0.25) is 5.88 Å². The fourth-order valence-corrected chi connectivity index (χ4v) is 0.497. The summed E-state index contributed by atoms with van der Waals surface area (Å²) in [4.78, 5) is 13.6. The zero-order valence-electron chi connectivity index (χ0n) is 6.61. The van der Waals surface area contributed by atoms with Crippen molar-refractivity contribution in [1.82, 2.24) is 0 Å². The molecule has 0 aromatic heterocycles. The van der Waals surface area contributed by atoms with Gasteiger partial charge in [0.15, 0.2) is 5.71 Å². The number of allylic oxidation sites excluding steroid dienone is 1. The zero-order valence-corrected chi connectivity index (χ0v) is 6.61. The molecule has 0 atom stereocenters. The van der Waals surface area contributed by atoms with Crippen molar-refractivity contribution in [2.45, 2.75) is 6.92 Å². The van der Waals surface area contributed by atoms with Crippen LogP contribution in [0.25, 0.3) is 0 Å². The zero-order chi connectivity index (χ0) is 9.72. The molecule has 4 N–H and O–H groups in total. The molecule has 0 spiro atoms. The standard InChI is InChI=1S/C7H10N2O3/c1-4(8)3-6(7(11)12)9-5(2)10/h3,10H,2,8H2,1H3,(H,11,12)/b4-3-,9-6?. The molecule has 0 amide bonds. The lowest BCUT2D eigenvalue weighted by Gasteiger charge is -1.94. The molecule has 0 radical (unpaired) electrons. The number of carbonyl (C=O) groups is 1. The third-order valence-corrected chi connectivity index (χ3v) is 0.833. The van der Waals surface area contributed by atoms with E-state index in [0.717, 1.165) is 6.08 Å². The summed E-state index contributed by atoms with van der Waals surface area (Å²) in [7, 11) is 0. The first kappa shape index (κ1) is 10.2. The molecule has 0 saturated carbocycles. The summed E-state index contributed by atoms with van der Waals surface area (Å²) >= 11 is 0. The van der Waals surface area contributed by atoms with E-state index in [4.69, 9.17) is 15.9 Å². The Bertz CT molecular complexity index is 262. The van der Waals surface area contributed by atoms with Crippen LogP contribution in [-0.4, -0.2) is 21.9 Å². The molecule has 5 nitrogen and oxygen atoms in total.